The number of likely N-dealkylation sites (tertiary alicyclic amines) is 1. The van der Waals surface area contributed by atoms with Crippen LogP contribution < -0.4 is 0 Å². The van der Waals surface area contributed by atoms with Crippen LogP contribution in [0.2, 0.25) is 0 Å². The average Bonchev–Trinajstić information content (AvgIpc) is 3.23. The van der Waals surface area contributed by atoms with Crippen molar-refractivity contribution in [1.29, 1.82) is 0 Å². The van der Waals surface area contributed by atoms with Gasteiger partial charge < -0.3 is 9.47 Å². The van der Waals surface area contributed by atoms with Crippen LogP contribution in [0.4, 0.5) is 0 Å². The van der Waals surface area contributed by atoms with E-state index in [2.05, 4.69) is 37.9 Å². The van der Waals surface area contributed by atoms with Gasteiger partial charge in [0.15, 0.2) is 5.82 Å². The van der Waals surface area contributed by atoms with Gasteiger partial charge >= 0.3 is 0 Å². The molecule has 1 fully saturated rings. The minimum atomic E-state index is 0.0829. The van der Waals surface area contributed by atoms with E-state index < -0.39 is 0 Å². The maximum atomic E-state index is 12.4. The molecule has 2 aromatic heterocycles. The molecule has 2 aromatic rings. The van der Waals surface area contributed by atoms with E-state index in [0.29, 0.717) is 6.42 Å². The van der Waals surface area contributed by atoms with Crippen LogP contribution in [-0.4, -0.2) is 53.3 Å². The van der Waals surface area contributed by atoms with Crippen molar-refractivity contribution in [1.82, 2.24) is 34.3 Å². The fourth-order valence-electron chi connectivity index (χ4n) is 4.36. The second-order valence-electron chi connectivity index (χ2n) is 7.70. The van der Waals surface area contributed by atoms with Crippen LogP contribution in [0.3, 0.4) is 0 Å². The van der Waals surface area contributed by atoms with Crippen LogP contribution in [0.25, 0.3) is 0 Å². The third kappa shape index (κ3) is 3.50. The Balaban J connectivity index is 1.51. The van der Waals surface area contributed by atoms with Crippen LogP contribution in [-0.2, 0) is 31.5 Å². The molecule has 0 spiro atoms. The summed E-state index contributed by atoms with van der Waals surface area (Å²) in [5.41, 5.74) is 2.35. The number of amides is 1. The van der Waals surface area contributed by atoms with Crippen molar-refractivity contribution >= 4 is 5.91 Å². The SMILES string of the molecule is CCC(=O)N1CCCCC1c1nnc2n1CCN(Cc1cn(C)nc1C)C2. The Bertz CT molecular complexity index is 824. The number of nitrogens with zero attached hydrogens (tertiary/aromatic N) is 7. The molecule has 27 heavy (non-hydrogen) atoms. The summed E-state index contributed by atoms with van der Waals surface area (Å²) in [6, 6.07) is 0.0829. The zero-order valence-corrected chi connectivity index (χ0v) is 16.6. The van der Waals surface area contributed by atoms with Crippen molar-refractivity contribution < 1.29 is 4.79 Å². The van der Waals surface area contributed by atoms with Crippen LogP contribution in [0, 0.1) is 6.92 Å². The number of hydrogen-bond donors (Lipinski definition) is 0. The largest absolute Gasteiger partial charge is 0.332 e. The number of piperidine rings is 1. The van der Waals surface area contributed by atoms with Gasteiger partial charge in [0.05, 0.1) is 18.3 Å². The highest BCUT2D eigenvalue weighted by Gasteiger charge is 2.33. The first-order valence-corrected chi connectivity index (χ1v) is 9.99. The highest BCUT2D eigenvalue weighted by Crippen LogP contribution is 2.31. The van der Waals surface area contributed by atoms with Gasteiger partial charge in [-0.15, -0.1) is 10.2 Å². The van der Waals surface area contributed by atoms with Crippen molar-refractivity contribution in [3.8, 4) is 0 Å². The van der Waals surface area contributed by atoms with Gasteiger partial charge in [0.1, 0.15) is 5.82 Å². The van der Waals surface area contributed by atoms with Gasteiger partial charge in [-0.2, -0.15) is 5.10 Å². The Morgan fingerprint density at radius 3 is 2.81 bits per heavy atom. The Labute approximate surface area is 160 Å². The predicted octanol–water partition coefficient (Wildman–Crippen LogP) is 1.80. The molecule has 4 heterocycles. The van der Waals surface area contributed by atoms with Crippen LogP contribution >= 0.6 is 0 Å². The van der Waals surface area contributed by atoms with Crippen molar-refractivity contribution in [2.75, 3.05) is 13.1 Å². The van der Waals surface area contributed by atoms with Crippen LogP contribution in [0.5, 0.6) is 0 Å². The number of carbonyl (C=O) groups is 1. The number of aryl methyl sites for hydroxylation is 2. The molecule has 1 atom stereocenters. The summed E-state index contributed by atoms with van der Waals surface area (Å²) in [6.45, 7) is 8.34. The minimum absolute atomic E-state index is 0.0829. The zero-order valence-electron chi connectivity index (χ0n) is 16.6. The molecule has 8 nitrogen and oxygen atoms in total. The Morgan fingerprint density at radius 1 is 1.22 bits per heavy atom. The summed E-state index contributed by atoms with van der Waals surface area (Å²) >= 11 is 0. The van der Waals surface area contributed by atoms with E-state index in [4.69, 9.17) is 0 Å². The Kier molecular flexibility index (Phi) is 4.99. The highest BCUT2D eigenvalue weighted by molar-refractivity contribution is 5.76. The molecule has 0 aliphatic carbocycles. The lowest BCUT2D eigenvalue weighted by atomic mass is 10.0. The molecule has 0 aromatic carbocycles. The normalized spacial score (nSPS) is 20.7. The van der Waals surface area contributed by atoms with Gasteiger partial charge in [-0.3, -0.25) is 14.4 Å². The standard InChI is InChI=1S/C19H29N7O/c1-4-18(27)25-8-6-5-7-16(25)19-21-20-17-13-24(9-10-26(17)19)12-15-11-23(3)22-14(15)2/h11,16H,4-10,12-13H2,1-3H3. The number of carbonyl (C=O) groups excluding carboxylic acids is 1. The lowest BCUT2D eigenvalue weighted by Gasteiger charge is -2.36. The molecule has 2 aliphatic heterocycles. The van der Waals surface area contributed by atoms with E-state index in [1.165, 1.54) is 5.56 Å². The molecule has 2 aliphatic rings. The monoisotopic (exact) mass is 371 g/mol. The number of aromatic nitrogens is 5. The molecule has 1 amide bonds. The maximum Gasteiger partial charge on any atom is 0.222 e. The lowest BCUT2D eigenvalue weighted by molar-refractivity contribution is -0.135. The van der Waals surface area contributed by atoms with Crippen LogP contribution in [0.1, 0.15) is 61.6 Å². The van der Waals surface area contributed by atoms with Crippen molar-refractivity contribution in [3.05, 3.63) is 29.1 Å². The average molecular weight is 371 g/mol. The summed E-state index contributed by atoms with van der Waals surface area (Å²) < 4.78 is 4.12. The molecule has 1 saturated heterocycles. The zero-order chi connectivity index (χ0) is 19.0. The molecular weight excluding hydrogens is 342 g/mol. The number of hydrogen-bond acceptors (Lipinski definition) is 5. The third-order valence-electron chi connectivity index (χ3n) is 5.79. The first kappa shape index (κ1) is 18.2. The molecule has 0 N–H and O–H groups in total. The van der Waals surface area contributed by atoms with Crippen molar-refractivity contribution in [2.45, 2.75) is 65.2 Å². The molecular formula is C19H29N7O. The summed E-state index contributed by atoms with van der Waals surface area (Å²) in [5.74, 6) is 2.21. The molecule has 4 rings (SSSR count). The molecule has 1 unspecified atom stereocenters. The summed E-state index contributed by atoms with van der Waals surface area (Å²) in [5, 5.41) is 13.4. The number of fused-ring (bicyclic) bond motifs is 1. The van der Waals surface area contributed by atoms with Gasteiger partial charge in [-0.25, -0.2) is 0 Å². The van der Waals surface area contributed by atoms with E-state index in [1.807, 2.05) is 23.6 Å². The third-order valence-corrected chi connectivity index (χ3v) is 5.79. The molecule has 0 saturated carbocycles. The number of rotatable bonds is 4. The lowest BCUT2D eigenvalue weighted by Crippen LogP contribution is -2.40. The smallest absolute Gasteiger partial charge is 0.222 e. The molecule has 146 valence electrons. The molecule has 8 heteroatoms. The van der Waals surface area contributed by atoms with Crippen LogP contribution in [0.15, 0.2) is 6.20 Å². The fourth-order valence-corrected chi connectivity index (χ4v) is 4.36. The van der Waals surface area contributed by atoms with E-state index in [-0.39, 0.29) is 11.9 Å². The fraction of sp³-hybridized carbons (Fsp3) is 0.684. The van der Waals surface area contributed by atoms with E-state index >= 15 is 0 Å². The quantitative estimate of drug-likeness (QED) is 0.819. The van der Waals surface area contributed by atoms with Crippen molar-refractivity contribution in [3.63, 3.8) is 0 Å². The summed E-state index contributed by atoms with van der Waals surface area (Å²) in [6.07, 6.45) is 5.86. The predicted molar refractivity (Wildman–Crippen MR) is 101 cm³/mol. The first-order valence-electron chi connectivity index (χ1n) is 9.99. The Morgan fingerprint density at radius 2 is 2.07 bits per heavy atom. The first-order chi connectivity index (χ1) is 13.1. The van der Waals surface area contributed by atoms with E-state index in [9.17, 15) is 4.79 Å². The summed E-state index contributed by atoms with van der Waals surface area (Å²) in [7, 11) is 1.96. The van der Waals surface area contributed by atoms with Gasteiger partial charge in [0, 0.05) is 51.4 Å². The van der Waals surface area contributed by atoms with Crippen molar-refractivity contribution in [2.24, 2.45) is 7.05 Å². The minimum Gasteiger partial charge on any atom is -0.332 e. The topological polar surface area (TPSA) is 72.1 Å². The van der Waals surface area contributed by atoms with Gasteiger partial charge in [-0.05, 0) is 26.2 Å². The Hall–Kier alpha value is -2.22. The maximum absolute atomic E-state index is 12.4. The van der Waals surface area contributed by atoms with Gasteiger partial charge in [0.25, 0.3) is 0 Å². The second kappa shape index (κ2) is 7.42. The second-order valence-corrected chi connectivity index (χ2v) is 7.70. The summed E-state index contributed by atoms with van der Waals surface area (Å²) in [4.78, 5) is 16.8. The van der Waals surface area contributed by atoms with Gasteiger partial charge in [-0.1, -0.05) is 6.92 Å². The van der Waals surface area contributed by atoms with E-state index in [1.54, 1.807) is 0 Å². The van der Waals surface area contributed by atoms with Gasteiger partial charge in [0.2, 0.25) is 5.91 Å². The molecule has 0 bridgehead atoms. The van der Waals surface area contributed by atoms with E-state index in [0.717, 1.165) is 69.3 Å². The molecule has 0 radical (unpaired) electrons. The highest BCUT2D eigenvalue weighted by atomic mass is 16.2.